The van der Waals surface area contributed by atoms with E-state index in [1.807, 2.05) is 24.3 Å². The van der Waals surface area contributed by atoms with Gasteiger partial charge in [-0.1, -0.05) is 72.8 Å². The van der Waals surface area contributed by atoms with Crippen molar-refractivity contribution in [2.45, 2.75) is 45.4 Å². The van der Waals surface area contributed by atoms with E-state index in [2.05, 4.69) is 72.8 Å². The summed E-state index contributed by atoms with van der Waals surface area (Å²) in [5.74, 6) is 1.05. The lowest BCUT2D eigenvalue weighted by Crippen LogP contribution is -2.00. The van der Waals surface area contributed by atoms with Gasteiger partial charge >= 0.3 is 5.97 Å². The summed E-state index contributed by atoms with van der Waals surface area (Å²) in [7, 11) is 0. The third-order valence-electron chi connectivity index (χ3n) is 7.46. The Morgan fingerprint density at radius 2 is 0.929 bits per heavy atom. The number of fused-ring (bicyclic) bond motifs is 2. The molecule has 0 aromatic heterocycles. The highest BCUT2D eigenvalue weighted by molar-refractivity contribution is 6.21. The smallest absolute Gasteiger partial charge is 0.303 e. The van der Waals surface area contributed by atoms with Crippen LogP contribution in [0.5, 0.6) is 11.5 Å². The second-order valence-corrected chi connectivity index (χ2v) is 10.6. The Labute approximate surface area is 246 Å². The average molecular weight is 561 g/mol. The van der Waals surface area contributed by atoms with Gasteiger partial charge in [0.15, 0.2) is 0 Å². The Hall–Kier alpha value is -4.64. The molecule has 0 saturated carbocycles. The van der Waals surface area contributed by atoms with Crippen molar-refractivity contribution in [3.8, 4) is 33.8 Å². The fourth-order valence-electron chi connectivity index (χ4n) is 5.42. The Morgan fingerprint density at radius 1 is 0.548 bits per heavy atom. The zero-order chi connectivity index (χ0) is 29.3. The van der Waals surface area contributed by atoms with E-state index in [9.17, 15) is 9.59 Å². The maximum Gasteiger partial charge on any atom is 0.303 e. The highest BCUT2D eigenvalue weighted by Gasteiger charge is 2.16. The molecular weight excluding hydrogens is 524 g/mol. The van der Waals surface area contributed by atoms with Crippen molar-refractivity contribution in [2.75, 3.05) is 13.2 Å². The number of ether oxygens (including phenoxy) is 2. The fraction of sp³-hybridized carbons (Fsp3) is 0.243. The summed E-state index contributed by atoms with van der Waals surface area (Å²) in [4.78, 5) is 21.9. The Kier molecular flexibility index (Phi) is 9.50. The summed E-state index contributed by atoms with van der Waals surface area (Å²) >= 11 is 0. The van der Waals surface area contributed by atoms with Gasteiger partial charge in [-0.3, -0.25) is 4.79 Å². The van der Waals surface area contributed by atoms with Crippen LogP contribution in [0.15, 0.2) is 97.1 Å². The molecule has 0 atom stereocenters. The minimum absolute atomic E-state index is 0.166. The lowest BCUT2D eigenvalue weighted by atomic mass is 9.86. The zero-order valence-corrected chi connectivity index (χ0v) is 24.0. The van der Waals surface area contributed by atoms with Gasteiger partial charge < -0.3 is 19.4 Å². The molecule has 0 bridgehead atoms. The molecule has 5 aromatic carbocycles. The third kappa shape index (κ3) is 6.98. The van der Waals surface area contributed by atoms with Gasteiger partial charge in [0.05, 0.1) is 13.2 Å². The first-order chi connectivity index (χ1) is 20.5. The van der Waals surface area contributed by atoms with Crippen molar-refractivity contribution in [1.82, 2.24) is 0 Å². The summed E-state index contributed by atoms with van der Waals surface area (Å²) in [5, 5.41) is 13.5. The molecule has 5 rings (SSSR count). The molecule has 0 unspecified atom stereocenters. The van der Waals surface area contributed by atoms with E-state index in [-0.39, 0.29) is 12.2 Å². The standard InChI is InChI=1S/C37H36O5/c1-26(38)10-6-8-24-41-29-20-16-27(17-21-29)36-31-11-2-4-13-33(31)37(34-14-5-3-12-32(34)36)28-18-22-30(23-19-28)42-25-9-7-15-35(39)40/h2-5,11-14,16-23H,6-10,15,24-25H2,1H3,(H,39,40). The lowest BCUT2D eigenvalue weighted by Gasteiger charge is -2.18. The molecule has 1 N–H and O–H groups in total. The van der Waals surface area contributed by atoms with E-state index in [4.69, 9.17) is 14.6 Å². The third-order valence-corrected chi connectivity index (χ3v) is 7.46. The largest absolute Gasteiger partial charge is 0.494 e. The summed E-state index contributed by atoms with van der Waals surface area (Å²) in [6.45, 7) is 2.72. The molecular formula is C37H36O5. The Morgan fingerprint density at radius 3 is 1.29 bits per heavy atom. The topological polar surface area (TPSA) is 72.8 Å². The molecule has 0 aliphatic rings. The minimum atomic E-state index is -0.774. The van der Waals surface area contributed by atoms with E-state index in [0.717, 1.165) is 35.5 Å². The maximum absolute atomic E-state index is 11.2. The van der Waals surface area contributed by atoms with E-state index in [1.165, 1.54) is 32.7 Å². The molecule has 5 heteroatoms. The Balaban J connectivity index is 1.43. The molecule has 0 heterocycles. The summed E-state index contributed by atoms with van der Waals surface area (Å²) in [6, 6.07) is 33.6. The van der Waals surface area contributed by atoms with Crippen molar-refractivity contribution in [3.05, 3.63) is 97.1 Å². The van der Waals surface area contributed by atoms with Crippen LogP contribution in [0.1, 0.15) is 45.4 Å². The fourth-order valence-corrected chi connectivity index (χ4v) is 5.42. The molecule has 5 nitrogen and oxygen atoms in total. The summed E-state index contributed by atoms with van der Waals surface area (Å²) < 4.78 is 11.8. The second kappa shape index (κ2) is 13.8. The number of unbranched alkanes of at least 4 members (excludes halogenated alkanes) is 2. The molecule has 5 aromatic rings. The molecule has 214 valence electrons. The normalized spacial score (nSPS) is 11.1. The summed E-state index contributed by atoms with van der Waals surface area (Å²) in [6.07, 6.45) is 3.79. The minimum Gasteiger partial charge on any atom is -0.494 e. The predicted molar refractivity (Wildman–Crippen MR) is 169 cm³/mol. The highest BCUT2D eigenvalue weighted by atomic mass is 16.5. The van der Waals surface area contributed by atoms with Crippen LogP contribution in [0.25, 0.3) is 43.8 Å². The van der Waals surface area contributed by atoms with Crippen LogP contribution in [0.2, 0.25) is 0 Å². The van der Waals surface area contributed by atoms with Gasteiger partial charge in [-0.05, 0) is 101 Å². The van der Waals surface area contributed by atoms with Gasteiger partial charge in [-0.15, -0.1) is 0 Å². The van der Waals surface area contributed by atoms with Crippen LogP contribution >= 0.6 is 0 Å². The van der Waals surface area contributed by atoms with Gasteiger partial charge in [-0.2, -0.15) is 0 Å². The number of carboxylic acid groups (broad SMARTS) is 1. The number of carboxylic acids is 1. The molecule has 0 radical (unpaired) electrons. The van der Waals surface area contributed by atoms with Crippen molar-refractivity contribution in [3.63, 3.8) is 0 Å². The van der Waals surface area contributed by atoms with Crippen LogP contribution in [-0.2, 0) is 9.59 Å². The SMILES string of the molecule is CC(=O)CCCCOc1ccc(-c2c3ccccc3c(-c3ccc(OCCCCC(=O)O)cc3)c3ccccc23)cc1. The highest BCUT2D eigenvalue weighted by Crippen LogP contribution is 2.44. The molecule has 0 saturated heterocycles. The zero-order valence-electron chi connectivity index (χ0n) is 24.0. The van der Waals surface area contributed by atoms with Crippen LogP contribution in [0.3, 0.4) is 0 Å². The van der Waals surface area contributed by atoms with Crippen LogP contribution < -0.4 is 9.47 Å². The molecule has 0 spiro atoms. The first kappa shape index (κ1) is 28.9. The first-order valence-corrected chi connectivity index (χ1v) is 14.6. The van der Waals surface area contributed by atoms with Crippen LogP contribution in [-0.4, -0.2) is 30.1 Å². The number of hydrogen-bond donors (Lipinski definition) is 1. The van der Waals surface area contributed by atoms with Crippen molar-refractivity contribution >= 4 is 33.3 Å². The van der Waals surface area contributed by atoms with E-state index >= 15 is 0 Å². The monoisotopic (exact) mass is 560 g/mol. The van der Waals surface area contributed by atoms with E-state index in [1.54, 1.807) is 6.92 Å². The molecule has 42 heavy (non-hydrogen) atoms. The number of ketones is 1. The average Bonchev–Trinajstić information content (AvgIpc) is 3.00. The van der Waals surface area contributed by atoms with Gasteiger partial charge in [0.25, 0.3) is 0 Å². The summed E-state index contributed by atoms with van der Waals surface area (Å²) in [5.41, 5.74) is 4.62. The van der Waals surface area contributed by atoms with Crippen molar-refractivity contribution in [1.29, 1.82) is 0 Å². The molecule has 0 aliphatic heterocycles. The quantitative estimate of drug-likeness (QED) is 0.108. The van der Waals surface area contributed by atoms with Crippen molar-refractivity contribution < 1.29 is 24.2 Å². The first-order valence-electron chi connectivity index (χ1n) is 14.6. The molecule has 0 fully saturated rings. The van der Waals surface area contributed by atoms with Crippen LogP contribution in [0, 0.1) is 0 Å². The number of carbonyl (C=O) groups excluding carboxylic acids is 1. The molecule has 0 aliphatic carbocycles. The van der Waals surface area contributed by atoms with Crippen LogP contribution in [0.4, 0.5) is 0 Å². The number of carbonyl (C=O) groups is 2. The lowest BCUT2D eigenvalue weighted by molar-refractivity contribution is -0.137. The van der Waals surface area contributed by atoms with E-state index in [0.29, 0.717) is 32.5 Å². The van der Waals surface area contributed by atoms with Gasteiger partial charge in [0.2, 0.25) is 0 Å². The Bertz CT molecular complexity index is 1490. The molecule has 0 amide bonds. The number of hydrogen-bond acceptors (Lipinski definition) is 4. The van der Waals surface area contributed by atoms with Gasteiger partial charge in [0.1, 0.15) is 17.3 Å². The number of aliphatic carboxylic acids is 1. The number of rotatable bonds is 14. The predicted octanol–water partition coefficient (Wildman–Crippen LogP) is 9.10. The van der Waals surface area contributed by atoms with Gasteiger partial charge in [-0.25, -0.2) is 0 Å². The second-order valence-electron chi connectivity index (χ2n) is 10.6. The van der Waals surface area contributed by atoms with Gasteiger partial charge in [0, 0.05) is 12.8 Å². The van der Waals surface area contributed by atoms with Crippen molar-refractivity contribution in [2.24, 2.45) is 0 Å². The number of benzene rings is 5. The number of Topliss-reactive ketones (excluding diaryl/α,β-unsaturated/α-hetero) is 1. The van der Waals surface area contributed by atoms with E-state index < -0.39 is 5.97 Å². The maximum atomic E-state index is 11.2.